The maximum atomic E-state index is 10.5. The van der Waals surface area contributed by atoms with Crippen molar-refractivity contribution in [2.75, 3.05) is 0 Å². The molecule has 8 heavy (non-hydrogen) atoms. The van der Waals surface area contributed by atoms with Crippen LogP contribution in [0.25, 0.3) is 0 Å². The largest absolute Gasteiger partial charge is 0.300 e. The van der Waals surface area contributed by atoms with Crippen LogP contribution in [0, 0.1) is 17.2 Å². The zero-order valence-electron chi connectivity index (χ0n) is 4.55. The lowest BCUT2D eigenvalue weighted by Gasteiger charge is -1.86. The van der Waals surface area contributed by atoms with Gasteiger partial charge in [-0.3, -0.25) is 4.79 Å². The second-order valence-corrected chi connectivity index (χ2v) is 2.11. The summed E-state index contributed by atoms with van der Waals surface area (Å²) in [6, 6.07) is 2.07. The van der Waals surface area contributed by atoms with E-state index in [9.17, 15) is 4.79 Å². The van der Waals surface area contributed by atoms with Crippen molar-refractivity contribution in [3.8, 4) is 6.07 Å². The van der Waals surface area contributed by atoms with Crippen LogP contribution in [-0.4, -0.2) is 5.78 Å². The van der Waals surface area contributed by atoms with Crippen molar-refractivity contribution in [2.24, 2.45) is 5.92 Å². The highest BCUT2D eigenvalue weighted by molar-refractivity contribution is 5.81. The molecule has 2 heteroatoms. The maximum absolute atomic E-state index is 10.5. The Morgan fingerprint density at radius 3 is 2.75 bits per heavy atom. The second-order valence-electron chi connectivity index (χ2n) is 2.11. The minimum atomic E-state index is 0.0301. The van der Waals surface area contributed by atoms with Gasteiger partial charge in [0.2, 0.25) is 0 Å². The van der Waals surface area contributed by atoms with Crippen molar-refractivity contribution in [1.29, 1.82) is 5.26 Å². The Balaban J connectivity index is 2.47. The molecule has 0 radical (unpaired) electrons. The highest BCUT2D eigenvalue weighted by Gasteiger charge is 2.20. The summed E-state index contributed by atoms with van der Waals surface area (Å²) in [7, 11) is 0. The lowest BCUT2D eigenvalue weighted by atomic mass is 10.1. The fourth-order valence-electron chi connectivity index (χ4n) is 0.924. The van der Waals surface area contributed by atoms with Crippen molar-refractivity contribution < 1.29 is 4.79 Å². The number of ketones is 1. The molecule has 0 aromatic heterocycles. The molecule has 0 saturated heterocycles. The number of carbonyl (C=O) groups is 1. The van der Waals surface area contributed by atoms with E-state index in [1.54, 1.807) is 0 Å². The molecule has 1 aliphatic carbocycles. The molecule has 0 spiro atoms. The van der Waals surface area contributed by atoms with E-state index in [0.717, 1.165) is 6.42 Å². The van der Waals surface area contributed by atoms with E-state index < -0.39 is 0 Å². The molecule has 0 aromatic rings. The number of nitriles is 1. The summed E-state index contributed by atoms with van der Waals surface area (Å²) in [5.41, 5.74) is 0. The minimum absolute atomic E-state index is 0.0301. The Bertz CT molecular complexity index is 145. The first-order valence-electron chi connectivity index (χ1n) is 2.74. The van der Waals surface area contributed by atoms with Crippen LogP contribution in [0.3, 0.4) is 0 Å². The molecule has 0 N–H and O–H groups in total. The Kier molecular flexibility index (Phi) is 1.29. The van der Waals surface area contributed by atoms with Crippen molar-refractivity contribution in [3.63, 3.8) is 0 Å². The molecule has 0 bridgehead atoms. The summed E-state index contributed by atoms with van der Waals surface area (Å²) in [6.07, 6.45) is 1.91. The maximum Gasteiger partial charge on any atom is 0.134 e. The topological polar surface area (TPSA) is 40.9 Å². The fourth-order valence-corrected chi connectivity index (χ4v) is 0.924. The van der Waals surface area contributed by atoms with Crippen LogP contribution < -0.4 is 0 Å². The molecule has 1 rings (SSSR count). The van der Waals surface area contributed by atoms with Crippen LogP contribution in [0.15, 0.2) is 0 Å². The molecule has 1 fully saturated rings. The quantitative estimate of drug-likeness (QED) is 0.463. The van der Waals surface area contributed by atoms with Gasteiger partial charge < -0.3 is 0 Å². The van der Waals surface area contributed by atoms with E-state index in [4.69, 9.17) is 5.26 Å². The Labute approximate surface area is 48.1 Å². The molecular formula is C6H7NO. The molecule has 1 atom stereocenters. The Morgan fingerprint density at radius 1 is 1.75 bits per heavy atom. The predicted octanol–water partition coefficient (Wildman–Crippen LogP) is 0.879. The van der Waals surface area contributed by atoms with Gasteiger partial charge in [0, 0.05) is 12.8 Å². The van der Waals surface area contributed by atoms with Gasteiger partial charge in [-0.2, -0.15) is 5.26 Å². The normalized spacial score (nSPS) is 27.9. The first kappa shape index (κ1) is 5.30. The number of nitrogens with zero attached hydrogens (tertiary/aromatic N) is 1. The fraction of sp³-hybridized carbons (Fsp3) is 0.667. The van der Waals surface area contributed by atoms with Crippen LogP contribution in [0.5, 0.6) is 0 Å². The highest BCUT2D eigenvalue weighted by Crippen LogP contribution is 2.19. The lowest BCUT2D eigenvalue weighted by molar-refractivity contribution is -0.117. The number of hydrogen-bond donors (Lipinski definition) is 0. The average molecular weight is 109 g/mol. The number of rotatable bonds is 0. The molecule has 0 unspecified atom stereocenters. The zero-order valence-corrected chi connectivity index (χ0v) is 4.55. The Hall–Kier alpha value is -0.840. The second kappa shape index (κ2) is 1.95. The van der Waals surface area contributed by atoms with E-state index in [1.807, 2.05) is 0 Å². The third kappa shape index (κ3) is 0.865. The van der Waals surface area contributed by atoms with Gasteiger partial charge in [0.25, 0.3) is 0 Å². The van der Waals surface area contributed by atoms with Crippen LogP contribution in [0.1, 0.15) is 19.3 Å². The van der Waals surface area contributed by atoms with E-state index >= 15 is 0 Å². The number of hydrogen-bond acceptors (Lipinski definition) is 2. The summed E-state index contributed by atoms with van der Waals surface area (Å²) in [5.74, 6) is 0.277. The predicted molar refractivity (Wildman–Crippen MR) is 28.0 cm³/mol. The van der Waals surface area contributed by atoms with Crippen LogP contribution in [0.2, 0.25) is 0 Å². The van der Waals surface area contributed by atoms with Gasteiger partial charge in [-0.15, -0.1) is 0 Å². The van der Waals surface area contributed by atoms with Gasteiger partial charge >= 0.3 is 0 Å². The SMILES string of the molecule is N#C[C@H]1CCC(=O)C1. The lowest BCUT2D eigenvalue weighted by Crippen LogP contribution is -1.89. The first-order chi connectivity index (χ1) is 3.83. The van der Waals surface area contributed by atoms with Crippen molar-refractivity contribution in [2.45, 2.75) is 19.3 Å². The zero-order chi connectivity index (χ0) is 5.98. The smallest absolute Gasteiger partial charge is 0.134 e. The van der Waals surface area contributed by atoms with E-state index in [0.29, 0.717) is 12.8 Å². The molecule has 0 aromatic carbocycles. The third-order valence-electron chi connectivity index (χ3n) is 1.43. The summed E-state index contributed by atoms with van der Waals surface area (Å²) in [6.45, 7) is 0. The van der Waals surface area contributed by atoms with Crippen LogP contribution in [-0.2, 0) is 4.79 Å². The molecule has 0 aliphatic heterocycles. The summed E-state index contributed by atoms with van der Waals surface area (Å²) < 4.78 is 0. The minimum Gasteiger partial charge on any atom is -0.300 e. The van der Waals surface area contributed by atoms with Crippen LogP contribution in [0.4, 0.5) is 0 Å². The van der Waals surface area contributed by atoms with Crippen molar-refractivity contribution in [3.05, 3.63) is 0 Å². The molecule has 2 nitrogen and oxygen atoms in total. The highest BCUT2D eigenvalue weighted by atomic mass is 16.1. The summed E-state index contributed by atoms with van der Waals surface area (Å²) in [4.78, 5) is 10.5. The summed E-state index contributed by atoms with van der Waals surface area (Å²) in [5, 5.41) is 8.28. The van der Waals surface area contributed by atoms with Gasteiger partial charge in [-0.05, 0) is 6.42 Å². The molecule has 42 valence electrons. The van der Waals surface area contributed by atoms with Gasteiger partial charge in [0.1, 0.15) is 5.78 Å². The van der Waals surface area contributed by atoms with Gasteiger partial charge in [-0.25, -0.2) is 0 Å². The van der Waals surface area contributed by atoms with E-state index in [-0.39, 0.29) is 11.7 Å². The average Bonchev–Trinajstić information content (AvgIpc) is 2.14. The standard InChI is InChI=1S/C6H7NO/c7-4-5-1-2-6(8)3-5/h5H,1-3H2/t5-/m0/s1. The Morgan fingerprint density at radius 2 is 2.50 bits per heavy atom. The summed E-state index contributed by atoms with van der Waals surface area (Å²) >= 11 is 0. The van der Waals surface area contributed by atoms with Gasteiger partial charge in [-0.1, -0.05) is 0 Å². The third-order valence-corrected chi connectivity index (χ3v) is 1.43. The molecule has 1 saturated carbocycles. The molecule has 0 amide bonds. The van der Waals surface area contributed by atoms with Gasteiger partial charge in [0.05, 0.1) is 12.0 Å². The number of carbonyl (C=O) groups excluding carboxylic acids is 1. The van der Waals surface area contributed by atoms with E-state index in [1.165, 1.54) is 0 Å². The monoisotopic (exact) mass is 109 g/mol. The number of Topliss-reactive ketones (excluding diaryl/α,β-unsaturated/α-hetero) is 1. The van der Waals surface area contributed by atoms with E-state index in [2.05, 4.69) is 6.07 Å². The van der Waals surface area contributed by atoms with Crippen molar-refractivity contribution >= 4 is 5.78 Å². The van der Waals surface area contributed by atoms with Crippen molar-refractivity contribution in [1.82, 2.24) is 0 Å². The molecule has 0 heterocycles. The molecule has 1 aliphatic rings. The van der Waals surface area contributed by atoms with Crippen LogP contribution >= 0.6 is 0 Å². The molecular weight excluding hydrogens is 102 g/mol. The van der Waals surface area contributed by atoms with Gasteiger partial charge in [0.15, 0.2) is 0 Å². The first-order valence-corrected chi connectivity index (χ1v) is 2.74.